The highest BCUT2D eigenvalue weighted by molar-refractivity contribution is 7.17. The van der Waals surface area contributed by atoms with Gasteiger partial charge in [-0.2, -0.15) is 0 Å². The van der Waals surface area contributed by atoms with E-state index in [1.54, 1.807) is 18.3 Å². The van der Waals surface area contributed by atoms with Crippen LogP contribution in [-0.2, 0) is 0 Å². The fourth-order valence-electron chi connectivity index (χ4n) is 1.33. The molecule has 0 bridgehead atoms. The Labute approximate surface area is 108 Å². The van der Waals surface area contributed by atoms with Crippen LogP contribution in [0.15, 0.2) is 18.3 Å². The van der Waals surface area contributed by atoms with Gasteiger partial charge >= 0.3 is 0 Å². The lowest BCUT2D eigenvalue weighted by molar-refractivity contribution is 0.102. The van der Waals surface area contributed by atoms with Crippen LogP contribution < -0.4 is 10.6 Å². The van der Waals surface area contributed by atoms with Crippen LogP contribution in [0.1, 0.15) is 22.4 Å². The molecular weight excluding hydrogens is 250 g/mol. The standard InChI is InChI=1S/C11H13N5OS/c1-3-12-11-16-15-10(18-11)9(17)14-8-5-4-6-13-7(8)2/h4-6H,3H2,1-2H3,(H,12,16)(H,14,17). The highest BCUT2D eigenvalue weighted by Crippen LogP contribution is 2.17. The van der Waals surface area contributed by atoms with Crippen molar-refractivity contribution in [3.8, 4) is 0 Å². The second-order valence-electron chi connectivity index (χ2n) is 3.53. The van der Waals surface area contributed by atoms with E-state index in [0.29, 0.717) is 15.8 Å². The van der Waals surface area contributed by atoms with Gasteiger partial charge in [0.05, 0.1) is 11.4 Å². The van der Waals surface area contributed by atoms with E-state index < -0.39 is 0 Å². The summed E-state index contributed by atoms with van der Waals surface area (Å²) in [6.07, 6.45) is 1.68. The first-order valence-corrected chi connectivity index (χ1v) is 6.32. The van der Waals surface area contributed by atoms with E-state index in [9.17, 15) is 4.79 Å². The summed E-state index contributed by atoms with van der Waals surface area (Å²) in [5.41, 5.74) is 1.45. The maximum Gasteiger partial charge on any atom is 0.286 e. The summed E-state index contributed by atoms with van der Waals surface area (Å²) >= 11 is 1.22. The lowest BCUT2D eigenvalue weighted by atomic mass is 10.3. The molecule has 0 radical (unpaired) electrons. The molecule has 0 saturated heterocycles. The van der Waals surface area contributed by atoms with Crippen molar-refractivity contribution in [2.75, 3.05) is 17.2 Å². The summed E-state index contributed by atoms with van der Waals surface area (Å²) < 4.78 is 0. The number of amides is 1. The van der Waals surface area contributed by atoms with Gasteiger partial charge in [-0.05, 0) is 26.0 Å². The molecule has 0 aliphatic rings. The molecule has 2 heterocycles. The SMILES string of the molecule is CCNc1nnc(C(=O)Nc2cccnc2C)s1. The molecule has 0 fully saturated rings. The lowest BCUT2D eigenvalue weighted by Crippen LogP contribution is -2.12. The minimum Gasteiger partial charge on any atom is -0.360 e. The van der Waals surface area contributed by atoms with Crippen molar-refractivity contribution in [1.82, 2.24) is 15.2 Å². The van der Waals surface area contributed by atoms with Crippen molar-refractivity contribution < 1.29 is 4.79 Å². The third kappa shape index (κ3) is 2.80. The quantitative estimate of drug-likeness (QED) is 0.881. The molecule has 0 saturated carbocycles. The first kappa shape index (κ1) is 12.4. The van der Waals surface area contributed by atoms with E-state index in [2.05, 4.69) is 25.8 Å². The van der Waals surface area contributed by atoms with E-state index in [1.165, 1.54) is 11.3 Å². The van der Waals surface area contributed by atoms with Crippen LogP contribution in [-0.4, -0.2) is 27.6 Å². The monoisotopic (exact) mass is 263 g/mol. The molecule has 0 aliphatic carbocycles. The molecule has 0 spiro atoms. The average Bonchev–Trinajstić information content (AvgIpc) is 2.81. The Hall–Kier alpha value is -2.02. The minimum absolute atomic E-state index is 0.271. The van der Waals surface area contributed by atoms with Gasteiger partial charge in [-0.3, -0.25) is 9.78 Å². The number of carbonyl (C=O) groups is 1. The second-order valence-corrected chi connectivity index (χ2v) is 4.51. The molecule has 18 heavy (non-hydrogen) atoms. The first-order valence-electron chi connectivity index (χ1n) is 5.51. The van der Waals surface area contributed by atoms with Crippen LogP contribution in [0.2, 0.25) is 0 Å². The van der Waals surface area contributed by atoms with Crippen molar-refractivity contribution in [2.45, 2.75) is 13.8 Å². The zero-order valence-corrected chi connectivity index (χ0v) is 10.9. The van der Waals surface area contributed by atoms with Crippen LogP contribution in [0.25, 0.3) is 0 Å². The maximum atomic E-state index is 11.9. The van der Waals surface area contributed by atoms with E-state index in [-0.39, 0.29) is 5.91 Å². The van der Waals surface area contributed by atoms with Gasteiger partial charge in [0.1, 0.15) is 0 Å². The van der Waals surface area contributed by atoms with Gasteiger partial charge in [-0.1, -0.05) is 11.3 Å². The Kier molecular flexibility index (Phi) is 3.83. The molecule has 1 amide bonds. The molecule has 0 aromatic carbocycles. The Balaban J connectivity index is 2.10. The number of anilines is 2. The summed E-state index contributed by atoms with van der Waals surface area (Å²) in [7, 11) is 0. The summed E-state index contributed by atoms with van der Waals surface area (Å²) in [5, 5.41) is 14.4. The number of pyridine rings is 1. The molecule has 7 heteroatoms. The highest BCUT2D eigenvalue weighted by Gasteiger charge is 2.13. The zero-order valence-electron chi connectivity index (χ0n) is 10.1. The summed E-state index contributed by atoms with van der Waals surface area (Å²) in [5.74, 6) is -0.271. The number of rotatable bonds is 4. The molecule has 2 aromatic heterocycles. The van der Waals surface area contributed by atoms with Crippen molar-refractivity contribution in [1.29, 1.82) is 0 Å². The molecule has 6 nitrogen and oxygen atoms in total. The number of carbonyl (C=O) groups excluding carboxylic acids is 1. The van der Waals surface area contributed by atoms with Gasteiger partial charge in [0.2, 0.25) is 10.1 Å². The normalized spacial score (nSPS) is 10.1. The minimum atomic E-state index is -0.271. The average molecular weight is 263 g/mol. The van der Waals surface area contributed by atoms with E-state index in [4.69, 9.17) is 0 Å². The molecule has 0 atom stereocenters. The number of aryl methyl sites for hydroxylation is 1. The number of nitrogens with one attached hydrogen (secondary N) is 2. The molecule has 2 aromatic rings. The number of hydrogen-bond acceptors (Lipinski definition) is 6. The van der Waals surface area contributed by atoms with Crippen LogP contribution in [0.4, 0.5) is 10.8 Å². The van der Waals surface area contributed by atoms with Crippen LogP contribution in [0, 0.1) is 6.92 Å². The van der Waals surface area contributed by atoms with Gasteiger partial charge < -0.3 is 10.6 Å². The highest BCUT2D eigenvalue weighted by atomic mass is 32.1. The predicted molar refractivity (Wildman–Crippen MR) is 71.0 cm³/mol. The molecular formula is C11H13N5OS. The molecule has 2 rings (SSSR count). The van der Waals surface area contributed by atoms with Crippen LogP contribution in [0.3, 0.4) is 0 Å². The van der Waals surface area contributed by atoms with E-state index in [1.807, 2.05) is 13.8 Å². The lowest BCUT2D eigenvalue weighted by Gasteiger charge is -2.04. The summed E-state index contributed by atoms with van der Waals surface area (Å²) in [6, 6.07) is 3.57. The number of nitrogens with zero attached hydrogens (tertiary/aromatic N) is 3. The topological polar surface area (TPSA) is 79.8 Å². The fourth-order valence-corrected chi connectivity index (χ4v) is 2.04. The van der Waals surface area contributed by atoms with Gasteiger partial charge in [0.15, 0.2) is 0 Å². The zero-order chi connectivity index (χ0) is 13.0. The Morgan fingerprint density at radius 1 is 1.44 bits per heavy atom. The van der Waals surface area contributed by atoms with Gasteiger partial charge in [0, 0.05) is 12.7 Å². The number of aromatic nitrogens is 3. The summed E-state index contributed by atoms with van der Waals surface area (Å²) in [4.78, 5) is 16.0. The van der Waals surface area contributed by atoms with Crippen molar-refractivity contribution >= 4 is 28.1 Å². The Bertz CT molecular complexity index is 554. The van der Waals surface area contributed by atoms with Crippen LogP contribution in [0.5, 0.6) is 0 Å². The molecule has 94 valence electrons. The maximum absolute atomic E-state index is 11.9. The second kappa shape index (κ2) is 5.54. The smallest absolute Gasteiger partial charge is 0.286 e. The largest absolute Gasteiger partial charge is 0.360 e. The van der Waals surface area contributed by atoms with Gasteiger partial charge in [0.25, 0.3) is 5.91 Å². The first-order chi connectivity index (χ1) is 8.70. The Morgan fingerprint density at radius 2 is 2.28 bits per heavy atom. The molecule has 0 unspecified atom stereocenters. The van der Waals surface area contributed by atoms with E-state index in [0.717, 1.165) is 12.2 Å². The van der Waals surface area contributed by atoms with E-state index >= 15 is 0 Å². The van der Waals surface area contributed by atoms with Gasteiger partial charge in [-0.25, -0.2) is 0 Å². The molecule has 2 N–H and O–H groups in total. The van der Waals surface area contributed by atoms with Crippen molar-refractivity contribution in [3.63, 3.8) is 0 Å². The number of hydrogen-bond donors (Lipinski definition) is 2. The van der Waals surface area contributed by atoms with Crippen molar-refractivity contribution in [2.24, 2.45) is 0 Å². The van der Waals surface area contributed by atoms with Crippen molar-refractivity contribution in [3.05, 3.63) is 29.0 Å². The molecule has 0 aliphatic heterocycles. The Morgan fingerprint density at radius 3 is 3.00 bits per heavy atom. The van der Waals surface area contributed by atoms with Gasteiger partial charge in [-0.15, -0.1) is 10.2 Å². The third-order valence-electron chi connectivity index (χ3n) is 2.20. The fraction of sp³-hybridized carbons (Fsp3) is 0.273. The third-order valence-corrected chi connectivity index (χ3v) is 3.08. The summed E-state index contributed by atoms with van der Waals surface area (Å²) in [6.45, 7) is 4.54. The van der Waals surface area contributed by atoms with Crippen LogP contribution >= 0.6 is 11.3 Å². The predicted octanol–water partition coefficient (Wildman–Crippen LogP) is 1.93.